The maximum absolute atomic E-state index is 11.9. The summed E-state index contributed by atoms with van der Waals surface area (Å²) in [4.78, 5) is 14.0. The molecular formula is C15H20Cl2N2O2. The fourth-order valence-corrected chi connectivity index (χ4v) is 3.14. The molecule has 0 radical (unpaired) electrons. The average Bonchev–Trinajstić information content (AvgIpc) is 2.38. The van der Waals surface area contributed by atoms with Gasteiger partial charge in [0.2, 0.25) is 5.91 Å². The van der Waals surface area contributed by atoms with Gasteiger partial charge < -0.3 is 10.4 Å². The summed E-state index contributed by atoms with van der Waals surface area (Å²) in [5.41, 5.74) is -0.103. The molecule has 0 saturated carbocycles. The van der Waals surface area contributed by atoms with Crippen molar-refractivity contribution in [3.8, 4) is 0 Å². The van der Waals surface area contributed by atoms with Crippen molar-refractivity contribution in [2.24, 2.45) is 0 Å². The number of amides is 1. The zero-order valence-electron chi connectivity index (χ0n) is 12.0. The molecule has 21 heavy (non-hydrogen) atoms. The molecule has 0 aromatic heterocycles. The van der Waals surface area contributed by atoms with E-state index in [1.165, 1.54) is 0 Å². The molecule has 2 rings (SSSR count). The Morgan fingerprint density at radius 1 is 1.38 bits per heavy atom. The molecule has 4 nitrogen and oxygen atoms in total. The molecule has 1 aliphatic rings. The second kappa shape index (κ2) is 6.97. The van der Waals surface area contributed by atoms with Gasteiger partial charge in [0.1, 0.15) is 0 Å². The van der Waals surface area contributed by atoms with Crippen LogP contribution in [-0.2, 0) is 4.79 Å². The molecule has 1 saturated heterocycles. The third-order valence-corrected chi connectivity index (χ3v) is 4.26. The van der Waals surface area contributed by atoms with E-state index in [2.05, 4.69) is 17.1 Å². The molecule has 116 valence electrons. The second-order valence-electron chi connectivity index (χ2n) is 5.58. The molecule has 1 amide bonds. The number of benzene rings is 1. The summed E-state index contributed by atoms with van der Waals surface area (Å²) in [5, 5.41) is 13.7. The molecule has 0 spiro atoms. The number of para-hydroxylation sites is 1. The lowest BCUT2D eigenvalue weighted by atomic mass is 9.89. The average molecular weight is 331 g/mol. The first-order valence-corrected chi connectivity index (χ1v) is 7.88. The number of likely N-dealkylation sites (tertiary alicyclic amines) is 1. The first-order chi connectivity index (χ1) is 9.93. The predicted octanol–water partition coefficient (Wildman–Crippen LogP) is 3.17. The number of anilines is 1. The maximum atomic E-state index is 11.9. The first kappa shape index (κ1) is 16.6. The van der Waals surface area contributed by atoms with Gasteiger partial charge in [-0.3, -0.25) is 9.69 Å². The Labute approximate surface area is 135 Å². The summed E-state index contributed by atoms with van der Waals surface area (Å²) < 4.78 is 0. The number of aliphatic hydroxyl groups is 1. The van der Waals surface area contributed by atoms with Crippen LogP contribution in [-0.4, -0.2) is 41.1 Å². The van der Waals surface area contributed by atoms with Crippen LogP contribution in [0.3, 0.4) is 0 Å². The monoisotopic (exact) mass is 330 g/mol. The SMILES string of the molecule is CCCC1(O)CN(CCC(=O)Nc2c(Cl)cccc2Cl)C1. The summed E-state index contributed by atoms with van der Waals surface area (Å²) in [6.07, 6.45) is 2.13. The molecule has 0 atom stereocenters. The quantitative estimate of drug-likeness (QED) is 0.842. The maximum Gasteiger partial charge on any atom is 0.225 e. The lowest BCUT2D eigenvalue weighted by Gasteiger charge is -2.46. The van der Waals surface area contributed by atoms with Crippen molar-refractivity contribution in [2.45, 2.75) is 31.8 Å². The number of carbonyl (C=O) groups excluding carboxylic acids is 1. The fraction of sp³-hybridized carbons (Fsp3) is 0.533. The van der Waals surface area contributed by atoms with E-state index in [0.717, 1.165) is 12.8 Å². The van der Waals surface area contributed by atoms with Gasteiger partial charge in [-0.1, -0.05) is 42.6 Å². The van der Waals surface area contributed by atoms with Gasteiger partial charge in [0.05, 0.1) is 21.3 Å². The fourth-order valence-electron chi connectivity index (χ4n) is 2.65. The first-order valence-electron chi connectivity index (χ1n) is 7.12. The number of nitrogens with zero attached hydrogens (tertiary/aromatic N) is 1. The van der Waals surface area contributed by atoms with E-state index in [9.17, 15) is 9.90 Å². The number of hydrogen-bond donors (Lipinski definition) is 2. The molecule has 1 aromatic carbocycles. The van der Waals surface area contributed by atoms with Crippen LogP contribution in [0.4, 0.5) is 5.69 Å². The molecular weight excluding hydrogens is 311 g/mol. The van der Waals surface area contributed by atoms with Crippen LogP contribution in [0.15, 0.2) is 18.2 Å². The zero-order valence-corrected chi connectivity index (χ0v) is 13.5. The number of halogens is 2. The smallest absolute Gasteiger partial charge is 0.225 e. The van der Waals surface area contributed by atoms with Crippen LogP contribution < -0.4 is 5.32 Å². The minimum atomic E-state index is -0.558. The van der Waals surface area contributed by atoms with E-state index in [4.69, 9.17) is 23.2 Å². The van der Waals surface area contributed by atoms with Gasteiger partial charge in [0.25, 0.3) is 0 Å². The molecule has 1 aromatic rings. The Kier molecular flexibility index (Phi) is 5.49. The highest BCUT2D eigenvalue weighted by Crippen LogP contribution is 2.30. The Morgan fingerprint density at radius 3 is 2.57 bits per heavy atom. The van der Waals surface area contributed by atoms with Gasteiger partial charge >= 0.3 is 0 Å². The van der Waals surface area contributed by atoms with Gasteiger partial charge in [-0.25, -0.2) is 0 Å². The van der Waals surface area contributed by atoms with Crippen LogP contribution in [0.1, 0.15) is 26.2 Å². The number of hydrogen-bond acceptors (Lipinski definition) is 3. The Hall–Kier alpha value is -0.810. The second-order valence-corrected chi connectivity index (χ2v) is 6.39. The van der Waals surface area contributed by atoms with E-state index >= 15 is 0 Å². The minimum Gasteiger partial charge on any atom is -0.387 e. The van der Waals surface area contributed by atoms with E-state index in [0.29, 0.717) is 41.8 Å². The third kappa shape index (κ3) is 4.33. The van der Waals surface area contributed by atoms with E-state index in [-0.39, 0.29) is 5.91 Å². The molecule has 1 fully saturated rings. The minimum absolute atomic E-state index is 0.129. The van der Waals surface area contributed by atoms with Crippen LogP contribution in [0, 0.1) is 0 Å². The molecule has 1 aliphatic heterocycles. The lowest BCUT2D eigenvalue weighted by molar-refractivity contribution is -0.121. The molecule has 0 unspecified atom stereocenters. The highest BCUT2D eigenvalue weighted by molar-refractivity contribution is 6.39. The summed E-state index contributed by atoms with van der Waals surface area (Å²) in [5.74, 6) is -0.129. The zero-order chi connectivity index (χ0) is 15.5. The van der Waals surface area contributed by atoms with Gasteiger partial charge in [0.15, 0.2) is 0 Å². The van der Waals surface area contributed by atoms with Crippen LogP contribution >= 0.6 is 23.2 Å². The van der Waals surface area contributed by atoms with Gasteiger partial charge in [-0.05, 0) is 18.6 Å². The Bertz CT molecular complexity index is 496. The van der Waals surface area contributed by atoms with Gasteiger partial charge in [0, 0.05) is 26.1 Å². The largest absolute Gasteiger partial charge is 0.387 e. The Balaban J connectivity index is 1.77. The molecule has 2 N–H and O–H groups in total. The van der Waals surface area contributed by atoms with Crippen molar-refractivity contribution in [3.63, 3.8) is 0 Å². The summed E-state index contributed by atoms with van der Waals surface area (Å²) in [7, 11) is 0. The van der Waals surface area contributed by atoms with Crippen LogP contribution in [0.25, 0.3) is 0 Å². The summed E-state index contributed by atoms with van der Waals surface area (Å²) >= 11 is 12.0. The van der Waals surface area contributed by atoms with E-state index in [1.54, 1.807) is 18.2 Å². The van der Waals surface area contributed by atoms with Crippen molar-refractivity contribution in [3.05, 3.63) is 28.2 Å². The topological polar surface area (TPSA) is 52.6 Å². The van der Waals surface area contributed by atoms with Crippen molar-refractivity contribution < 1.29 is 9.90 Å². The number of nitrogens with one attached hydrogen (secondary N) is 1. The van der Waals surface area contributed by atoms with E-state index in [1.807, 2.05) is 0 Å². The highest BCUT2D eigenvalue weighted by atomic mass is 35.5. The Morgan fingerprint density at radius 2 is 2.00 bits per heavy atom. The highest BCUT2D eigenvalue weighted by Gasteiger charge is 2.39. The van der Waals surface area contributed by atoms with Crippen molar-refractivity contribution in [1.82, 2.24) is 4.90 Å². The van der Waals surface area contributed by atoms with E-state index < -0.39 is 5.60 Å². The number of β-amino-alcohol motifs (C(OH)–C–C–N with tert-alkyl or cyclic N) is 1. The van der Waals surface area contributed by atoms with Gasteiger partial charge in [-0.2, -0.15) is 0 Å². The van der Waals surface area contributed by atoms with Crippen molar-refractivity contribution in [2.75, 3.05) is 25.0 Å². The molecule has 0 bridgehead atoms. The van der Waals surface area contributed by atoms with Crippen molar-refractivity contribution in [1.29, 1.82) is 0 Å². The molecule has 0 aliphatic carbocycles. The normalized spacial score (nSPS) is 17.3. The summed E-state index contributed by atoms with van der Waals surface area (Å²) in [6.45, 7) is 3.96. The molecule has 6 heteroatoms. The summed E-state index contributed by atoms with van der Waals surface area (Å²) in [6, 6.07) is 5.10. The van der Waals surface area contributed by atoms with Crippen molar-refractivity contribution >= 4 is 34.8 Å². The van der Waals surface area contributed by atoms with Gasteiger partial charge in [-0.15, -0.1) is 0 Å². The standard InChI is InChI=1S/C15H20Cl2N2O2/c1-2-7-15(21)9-19(10-15)8-6-13(20)18-14-11(16)4-3-5-12(14)17/h3-5,21H,2,6-10H2,1H3,(H,18,20). The van der Waals surface area contributed by atoms with Crippen LogP contribution in [0.2, 0.25) is 10.0 Å². The third-order valence-electron chi connectivity index (χ3n) is 3.63. The number of rotatable bonds is 6. The lowest BCUT2D eigenvalue weighted by Crippen LogP contribution is -2.61. The predicted molar refractivity (Wildman–Crippen MR) is 86.0 cm³/mol. The number of carbonyl (C=O) groups is 1. The molecule has 1 heterocycles. The van der Waals surface area contributed by atoms with Crippen LogP contribution in [0.5, 0.6) is 0 Å².